The monoisotopic (exact) mass is 539 g/mol. The predicted molar refractivity (Wildman–Crippen MR) is 150 cm³/mol. The summed E-state index contributed by atoms with van der Waals surface area (Å²) >= 11 is 0. The van der Waals surface area contributed by atoms with Gasteiger partial charge in [-0.1, -0.05) is 39.0 Å². The number of rotatable bonds is 10. The van der Waals surface area contributed by atoms with E-state index in [1.54, 1.807) is 30.3 Å². The molecule has 0 bridgehead atoms. The molecule has 38 heavy (non-hydrogen) atoms. The molecule has 8 heteroatoms. The number of fused-ring (bicyclic) bond motifs is 1. The van der Waals surface area contributed by atoms with E-state index in [2.05, 4.69) is 6.92 Å². The third-order valence-corrected chi connectivity index (χ3v) is 8.67. The van der Waals surface area contributed by atoms with E-state index < -0.39 is 16.0 Å². The first-order valence-corrected chi connectivity index (χ1v) is 14.6. The van der Waals surface area contributed by atoms with E-state index in [0.29, 0.717) is 49.1 Å². The second-order valence-corrected chi connectivity index (χ2v) is 12.0. The first-order valence-electron chi connectivity index (χ1n) is 13.2. The molecule has 204 valence electrons. The SMILES string of the molecule is CCc1ccc(N(CC(C)C)S(=O)(=O)c2ccc3cc(OCC4CCOCC4)c(C(=O)OC)cc3c2)cc1. The molecule has 0 spiro atoms. The molecule has 1 aliphatic rings. The summed E-state index contributed by atoms with van der Waals surface area (Å²) in [7, 11) is -2.54. The molecule has 3 aromatic rings. The van der Waals surface area contributed by atoms with Crippen LogP contribution in [0.1, 0.15) is 49.5 Å². The summed E-state index contributed by atoms with van der Waals surface area (Å²) in [6, 6.07) is 16.1. The minimum Gasteiger partial charge on any atom is -0.492 e. The van der Waals surface area contributed by atoms with Gasteiger partial charge in [-0.15, -0.1) is 0 Å². The number of sulfonamides is 1. The van der Waals surface area contributed by atoms with Gasteiger partial charge in [0.25, 0.3) is 10.0 Å². The average molecular weight is 540 g/mol. The first kappa shape index (κ1) is 27.9. The van der Waals surface area contributed by atoms with Crippen molar-refractivity contribution in [2.45, 2.75) is 44.9 Å². The number of carbonyl (C=O) groups is 1. The van der Waals surface area contributed by atoms with Crippen LogP contribution in [0.25, 0.3) is 10.8 Å². The quantitative estimate of drug-likeness (QED) is 0.301. The fourth-order valence-corrected chi connectivity index (χ4v) is 6.29. The Morgan fingerprint density at radius 2 is 1.74 bits per heavy atom. The Morgan fingerprint density at radius 3 is 2.37 bits per heavy atom. The second-order valence-electron chi connectivity index (χ2n) is 10.2. The zero-order valence-corrected chi connectivity index (χ0v) is 23.4. The Bertz CT molecular complexity index is 1360. The molecule has 0 N–H and O–H groups in total. The minimum atomic E-state index is -3.86. The fourth-order valence-electron chi connectivity index (χ4n) is 4.62. The second kappa shape index (κ2) is 12.2. The maximum Gasteiger partial charge on any atom is 0.341 e. The number of hydrogen-bond acceptors (Lipinski definition) is 6. The third-order valence-electron chi connectivity index (χ3n) is 6.88. The highest BCUT2D eigenvalue weighted by Crippen LogP contribution is 2.32. The molecule has 1 aliphatic heterocycles. The van der Waals surface area contributed by atoms with Crippen LogP contribution in [0.4, 0.5) is 5.69 Å². The minimum absolute atomic E-state index is 0.123. The lowest BCUT2D eigenvalue weighted by atomic mass is 10.0. The lowest BCUT2D eigenvalue weighted by Gasteiger charge is -2.26. The van der Waals surface area contributed by atoms with Crippen molar-refractivity contribution in [3.63, 3.8) is 0 Å². The van der Waals surface area contributed by atoms with Gasteiger partial charge in [-0.05, 0) is 83.8 Å². The summed E-state index contributed by atoms with van der Waals surface area (Å²) in [4.78, 5) is 12.8. The molecular weight excluding hydrogens is 502 g/mol. The summed E-state index contributed by atoms with van der Waals surface area (Å²) in [5, 5.41) is 1.40. The maximum absolute atomic E-state index is 13.9. The van der Waals surface area contributed by atoms with E-state index >= 15 is 0 Å². The molecule has 1 heterocycles. The topological polar surface area (TPSA) is 82.1 Å². The maximum atomic E-state index is 13.9. The Hall–Kier alpha value is -3.10. The van der Waals surface area contributed by atoms with Crippen molar-refractivity contribution >= 4 is 32.5 Å². The summed E-state index contributed by atoms with van der Waals surface area (Å²) in [6.45, 7) is 8.30. The largest absolute Gasteiger partial charge is 0.492 e. The van der Waals surface area contributed by atoms with Crippen LogP contribution in [0.2, 0.25) is 0 Å². The smallest absolute Gasteiger partial charge is 0.341 e. The van der Waals surface area contributed by atoms with Gasteiger partial charge in [0.1, 0.15) is 11.3 Å². The highest BCUT2D eigenvalue weighted by atomic mass is 32.2. The zero-order chi connectivity index (χ0) is 27.3. The lowest BCUT2D eigenvalue weighted by Crippen LogP contribution is -2.34. The number of benzene rings is 3. The van der Waals surface area contributed by atoms with Crippen molar-refractivity contribution in [3.8, 4) is 5.75 Å². The van der Waals surface area contributed by atoms with Gasteiger partial charge in [-0.25, -0.2) is 13.2 Å². The van der Waals surface area contributed by atoms with E-state index in [1.165, 1.54) is 11.4 Å². The van der Waals surface area contributed by atoms with Crippen LogP contribution in [-0.2, 0) is 25.9 Å². The number of ether oxygens (including phenoxy) is 3. The van der Waals surface area contributed by atoms with Crippen molar-refractivity contribution in [2.24, 2.45) is 11.8 Å². The zero-order valence-electron chi connectivity index (χ0n) is 22.6. The molecule has 7 nitrogen and oxygen atoms in total. The Kier molecular flexibility index (Phi) is 8.95. The van der Waals surface area contributed by atoms with Crippen LogP contribution >= 0.6 is 0 Å². The normalized spacial score (nSPS) is 14.6. The highest BCUT2D eigenvalue weighted by Gasteiger charge is 2.27. The molecule has 3 aromatic carbocycles. The van der Waals surface area contributed by atoms with E-state index in [1.807, 2.05) is 38.1 Å². The van der Waals surface area contributed by atoms with Gasteiger partial charge in [0.05, 0.1) is 24.3 Å². The summed E-state index contributed by atoms with van der Waals surface area (Å²) < 4.78 is 45.7. The van der Waals surface area contributed by atoms with Gasteiger partial charge < -0.3 is 14.2 Å². The number of methoxy groups -OCH3 is 1. The number of aryl methyl sites for hydroxylation is 1. The molecule has 0 unspecified atom stereocenters. The Labute approximate surface area is 225 Å². The summed E-state index contributed by atoms with van der Waals surface area (Å²) in [5.41, 5.74) is 2.05. The molecule has 0 atom stereocenters. The Balaban J connectivity index is 1.70. The molecule has 0 amide bonds. The van der Waals surface area contributed by atoms with Gasteiger partial charge in [0, 0.05) is 19.8 Å². The number of esters is 1. The van der Waals surface area contributed by atoms with Gasteiger partial charge in [-0.2, -0.15) is 0 Å². The van der Waals surface area contributed by atoms with Crippen molar-refractivity contribution in [2.75, 3.05) is 37.8 Å². The molecule has 0 aromatic heterocycles. The van der Waals surface area contributed by atoms with E-state index in [-0.39, 0.29) is 16.4 Å². The van der Waals surface area contributed by atoms with Gasteiger partial charge in [-0.3, -0.25) is 4.31 Å². The van der Waals surface area contributed by atoms with Crippen LogP contribution in [-0.4, -0.2) is 47.9 Å². The van der Waals surface area contributed by atoms with Crippen LogP contribution in [0.3, 0.4) is 0 Å². The molecule has 4 rings (SSSR count). The standard InChI is InChI=1S/C30H37NO6S/c1-5-22-6-9-26(10-7-22)31(19-21(2)3)38(33,34)27-11-8-24-18-29(37-20-23-12-14-36-15-13-23)28(30(32)35-4)17-25(24)16-27/h6-11,16-18,21,23H,5,12-15,19-20H2,1-4H3. The highest BCUT2D eigenvalue weighted by molar-refractivity contribution is 7.92. The summed E-state index contributed by atoms with van der Waals surface area (Å²) in [6.07, 6.45) is 2.71. The number of hydrogen-bond donors (Lipinski definition) is 0. The van der Waals surface area contributed by atoms with E-state index in [0.717, 1.165) is 30.2 Å². The number of anilines is 1. The van der Waals surface area contributed by atoms with Crippen molar-refractivity contribution in [3.05, 3.63) is 65.7 Å². The third kappa shape index (κ3) is 6.30. The molecule has 1 saturated heterocycles. The van der Waals surface area contributed by atoms with Gasteiger partial charge in [0.2, 0.25) is 0 Å². The summed E-state index contributed by atoms with van der Waals surface area (Å²) in [5.74, 6) is 0.386. The average Bonchev–Trinajstić information content (AvgIpc) is 2.94. The van der Waals surface area contributed by atoms with Crippen LogP contribution in [0, 0.1) is 11.8 Å². The lowest BCUT2D eigenvalue weighted by molar-refractivity contribution is 0.0484. The number of carbonyl (C=O) groups excluding carboxylic acids is 1. The fraction of sp³-hybridized carbons (Fsp3) is 0.433. The van der Waals surface area contributed by atoms with E-state index in [9.17, 15) is 13.2 Å². The van der Waals surface area contributed by atoms with Gasteiger partial charge in [0.15, 0.2) is 0 Å². The van der Waals surface area contributed by atoms with Crippen LogP contribution in [0.15, 0.2) is 59.5 Å². The number of nitrogens with zero attached hydrogens (tertiary/aromatic N) is 1. The van der Waals surface area contributed by atoms with Crippen molar-refractivity contribution in [1.82, 2.24) is 0 Å². The molecule has 0 saturated carbocycles. The Morgan fingerprint density at radius 1 is 1.03 bits per heavy atom. The first-order chi connectivity index (χ1) is 18.2. The van der Waals surface area contributed by atoms with Crippen LogP contribution in [0.5, 0.6) is 5.75 Å². The molecule has 1 fully saturated rings. The molecule has 0 radical (unpaired) electrons. The molecule has 0 aliphatic carbocycles. The van der Waals surface area contributed by atoms with Crippen molar-refractivity contribution < 1.29 is 27.4 Å². The molecular formula is C30H37NO6S. The van der Waals surface area contributed by atoms with Gasteiger partial charge >= 0.3 is 5.97 Å². The van der Waals surface area contributed by atoms with Crippen molar-refractivity contribution in [1.29, 1.82) is 0 Å². The van der Waals surface area contributed by atoms with E-state index in [4.69, 9.17) is 14.2 Å². The van der Waals surface area contributed by atoms with Crippen LogP contribution < -0.4 is 9.04 Å². The predicted octanol–water partition coefficient (Wildman–Crippen LogP) is 5.85.